The van der Waals surface area contributed by atoms with Crippen LogP contribution >= 0.6 is 0 Å². The van der Waals surface area contributed by atoms with E-state index in [0.717, 1.165) is 18.6 Å². The van der Waals surface area contributed by atoms with Crippen LogP contribution in [0.15, 0.2) is 42.5 Å². The summed E-state index contributed by atoms with van der Waals surface area (Å²) in [6.07, 6.45) is 4.58. The third kappa shape index (κ3) is 3.07. The van der Waals surface area contributed by atoms with E-state index in [1.807, 2.05) is 30.3 Å². The Morgan fingerprint density at radius 2 is 1.62 bits per heavy atom. The van der Waals surface area contributed by atoms with E-state index in [-0.39, 0.29) is 5.97 Å². The summed E-state index contributed by atoms with van der Waals surface area (Å²) in [6.45, 7) is 1.39. The van der Waals surface area contributed by atoms with Crippen molar-refractivity contribution < 1.29 is 14.3 Å². The Balaban J connectivity index is 1.92. The first kappa shape index (κ1) is 13.7. The predicted molar refractivity (Wildman–Crippen MR) is 80.9 cm³/mol. The Morgan fingerprint density at radius 1 is 0.905 bits per heavy atom. The van der Waals surface area contributed by atoms with Gasteiger partial charge in [0, 0.05) is 6.92 Å². The fourth-order valence-electron chi connectivity index (χ4n) is 2.73. The normalized spacial score (nSPS) is 13.4. The van der Waals surface area contributed by atoms with Gasteiger partial charge in [0.2, 0.25) is 0 Å². The highest BCUT2D eigenvalue weighted by atomic mass is 16.6. The van der Waals surface area contributed by atoms with E-state index in [0.29, 0.717) is 11.5 Å². The molecule has 0 aromatic heterocycles. The van der Waals surface area contributed by atoms with E-state index >= 15 is 0 Å². The number of benzene rings is 2. The van der Waals surface area contributed by atoms with Gasteiger partial charge in [-0.2, -0.15) is 0 Å². The molecule has 3 heteroatoms. The van der Waals surface area contributed by atoms with E-state index in [1.54, 1.807) is 6.07 Å². The molecule has 0 amide bonds. The van der Waals surface area contributed by atoms with Gasteiger partial charge in [-0.1, -0.05) is 24.3 Å². The van der Waals surface area contributed by atoms with Gasteiger partial charge in [-0.25, -0.2) is 0 Å². The molecule has 3 nitrogen and oxygen atoms in total. The Morgan fingerprint density at radius 3 is 2.43 bits per heavy atom. The summed E-state index contributed by atoms with van der Waals surface area (Å²) < 4.78 is 11.2. The fraction of sp³-hybridized carbons (Fsp3) is 0.278. The number of carbonyl (C=O) groups is 1. The van der Waals surface area contributed by atoms with Crippen LogP contribution in [0.3, 0.4) is 0 Å². The second kappa shape index (κ2) is 6.00. The van der Waals surface area contributed by atoms with Crippen LogP contribution in [0.5, 0.6) is 17.2 Å². The molecule has 0 aliphatic heterocycles. The van der Waals surface area contributed by atoms with E-state index in [9.17, 15) is 4.79 Å². The number of esters is 1. The second-order valence-corrected chi connectivity index (χ2v) is 5.24. The molecule has 0 spiro atoms. The summed E-state index contributed by atoms with van der Waals surface area (Å²) >= 11 is 0. The van der Waals surface area contributed by atoms with Crippen molar-refractivity contribution in [3.05, 3.63) is 53.6 Å². The number of hydrogen-bond donors (Lipinski definition) is 0. The van der Waals surface area contributed by atoms with Crippen molar-refractivity contribution in [2.45, 2.75) is 32.6 Å². The summed E-state index contributed by atoms with van der Waals surface area (Å²) in [6, 6.07) is 13.4. The van der Waals surface area contributed by atoms with Gasteiger partial charge in [-0.15, -0.1) is 0 Å². The van der Waals surface area contributed by atoms with Crippen LogP contribution in [0.1, 0.15) is 30.9 Å². The number of para-hydroxylation sites is 2. The first-order valence-electron chi connectivity index (χ1n) is 7.30. The number of aryl methyl sites for hydroxylation is 1. The van der Waals surface area contributed by atoms with Crippen LogP contribution in [0, 0.1) is 0 Å². The lowest BCUT2D eigenvalue weighted by molar-refractivity contribution is -0.131. The van der Waals surface area contributed by atoms with Crippen LogP contribution in [0.25, 0.3) is 0 Å². The van der Waals surface area contributed by atoms with Crippen LogP contribution in [-0.4, -0.2) is 5.97 Å². The van der Waals surface area contributed by atoms with Crippen molar-refractivity contribution in [1.82, 2.24) is 0 Å². The third-order valence-corrected chi connectivity index (χ3v) is 3.68. The molecule has 0 unspecified atom stereocenters. The zero-order valence-electron chi connectivity index (χ0n) is 12.1. The molecule has 0 bridgehead atoms. The summed E-state index contributed by atoms with van der Waals surface area (Å²) in [5, 5.41) is 0. The van der Waals surface area contributed by atoms with Crippen molar-refractivity contribution in [3.63, 3.8) is 0 Å². The largest absolute Gasteiger partial charge is 0.453 e. The highest BCUT2D eigenvalue weighted by Gasteiger charge is 2.16. The van der Waals surface area contributed by atoms with E-state index in [2.05, 4.69) is 6.07 Å². The Labute approximate surface area is 124 Å². The minimum atomic E-state index is -0.346. The molecular weight excluding hydrogens is 264 g/mol. The first-order valence-corrected chi connectivity index (χ1v) is 7.30. The summed E-state index contributed by atoms with van der Waals surface area (Å²) in [7, 11) is 0. The average molecular weight is 282 g/mol. The van der Waals surface area contributed by atoms with E-state index in [4.69, 9.17) is 9.47 Å². The molecule has 3 rings (SSSR count). The van der Waals surface area contributed by atoms with Crippen molar-refractivity contribution in [2.75, 3.05) is 0 Å². The van der Waals surface area contributed by atoms with E-state index in [1.165, 1.54) is 30.9 Å². The number of carbonyl (C=O) groups excluding carboxylic acids is 1. The third-order valence-electron chi connectivity index (χ3n) is 3.68. The molecule has 0 saturated carbocycles. The summed E-state index contributed by atoms with van der Waals surface area (Å²) in [5.74, 6) is 1.55. The minimum absolute atomic E-state index is 0.346. The predicted octanol–water partition coefficient (Wildman–Crippen LogP) is 4.28. The fourth-order valence-corrected chi connectivity index (χ4v) is 2.73. The number of hydrogen-bond acceptors (Lipinski definition) is 3. The minimum Gasteiger partial charge on any atom is -0.453 e. The molecule has 21 heavy (non-hydrogen) atoms. The molecule has 2 aromatic carbocycles. The molecule has 108 valence electrons. The summed E-state index contributed by atoms with van der Waals surface area (Å²) in [5.41, 5.74) is 2.64. The van der Waals surface area contributed by atoms with Crippen LogP contribution in [0.4, 0.5) is 0 Å². The first-order chi connectivity index (χ1) is 10.2. The monoisotopic (exact) mass is 282 g/mol. The Bertz CT molecular complexity index is 661. The van der Waals surface area contributed by atoms with Gasteiger partial charge in [0.05, 0.1) is 0 Å². The maximum absolute atomic E-state index is 11.2. The average Bonchev–Trinajstić information content (AvgIpc) is 2.49. The highest BCUT2D eigenvalue weighted by Crippen LogP contribution is 2.36. The number of fused-ring (bicyclic) bond motifs is 1. The standard InChI is InChI=1S/C18H18O3/c1-13(19)20-17-10-4-5-11-18(17)21-16-12-6-8-14-7-2-3-9-15(14)16/h4-6,8,10-12H,2-3,7,9H2,1H3. The zero-order valence-corrected chi connectivity index (χ0v) is 12.1. The SMILES string of the molecule is CC(=O)Oc1ccccc1Oc1cccc2c1CCCC2. The molecular formula is C18H18O3. The molecule has 1 aliphatic rings. The van der Waals surface area contributed by atoms with Crippen LogP contribution < -0.4 is 9.47 Å². The van der Waals surface area contributed by atoms with Crippen LogP contribution in [0.2, 0.25) is 0 Å². The van der Waals surface area contributed by atoms with Crippen molar-refractivity contribution in [3.8, 4) is 17.2 Å². The maximum Gasteiger partial charge on any atom is 0.308 e. The maximum atomic E-state index is 11.2. The van der Waals surface area contributed by atoms with Gasteiger partial charge < -0.3 is 9.47 Å². The number of ether oxygens (including phenoxy) is 2. The van der Waals surface area contributed by atoms with Crippen LogP contribution in [-0.2, 0) is 17.6 Å². The lowest BCUT2D eigenvalue weighted by Gasteiger charge is -2.20. The van der Waals surface area contributed by atoms with Crippen molar-refractivity contribution >= 4 is 5.97 Å². The van der Waals surface area contributed by atoms with Gasteiger partial charge in [-0.05, 0) is 55.0 Å². The highest BCUT2D eigenvalue weighted by molar-refractivity contribution is 5.70. The molecule has 0 fully saturated rings. The summed E-state index contributed by atoms with van der Waals surface area (Å²) in [4.78, 5) is 11.2. The molecule has 0 heterocycles. The molecule has 1 aliphatic carbocycles. The lowest BCUT2D eigenvalue weighted by Crippen LogP contribution is -2.05. The van der Waals surface area contributed by atoms with Gasteiger partial charge in [0.15, 0.2) is 11.5 Å². The smallest absolute Gasteiger partial charge is 0.308 e. The molecule has 0 N–H and O–H groups in total. The van der Waals surface area contributed by atoms with Gasteiger partial charge in [0.25, 0.3) is 0 Å². The molecule has 0 atom stereocenters. The van der Waals surface area contributed by atoms with Gasteiger partial charge in [-0.3, -0.25) is 4.79 Å². The molecule has 0 radical (unpaired) electrons. The topological polar surface area (TPSA) is 35.5 Å². The quantitative estimate of drug-likeness (QED) is 0.622. The Hall–Kier alpha value is -2.29. The molecule has 0 saturated heterocycles. The zero-order chi connectivity index (χ0) is 14.7. The van der Waals surface area contributed by atoms with Crippen molar-refractivity contribution in [2.24, 2.45) is 0 Å². The number of rotatable bonds is 3. The van der Waals surface area contributed by atoms with Gasteiger partial charge in [0.1, 0.15) is 5.75 Å². The van der Waals surface area contributed by atoms with E-state index < -0.39 is 0 Å². The lowest BCUT2D eigenvalue weighted by atomic mass is 9.91. The van der Waals surface area contributed by atoms with Gasteiger partial charge >= 0.3 is 5.97 Å². The second-order valence-electron chi connectivity index (χ2n) is 5.24. The Kier molecular flexibility index (Phi) is 3.91. The molecule has 2 aromatic rings. The van der Waals surface area contributed by atoms with Crippen molar-refractivity contribution in [1.29, 1.82) is 0 Å².